The van der Waals surface area contributed by atoms with Gasteiger partial charge in [-0.05, 0) is 25.1 Å². The molecular formula is C15H19NO3. The number of carboxylic acids is 1. The number of aliphatic carboxylic acids is 1. The average Bonchev–Trinajstić information content (AvgIpc) is 2.75. The van der Waals surface area contributed by atoms with Gasteiger partial charge < -0.3 is 14.4 Å². The van der Waals surface area contributed by atoms with Gasteiger partial charge in [-0.15, -0.1) is 0 Å². The highest BCUT2D eigenvalue weighted by Gasteiger charge is 2.17. The number of hydrogen-bond acceptors (Lipinski definition) is 2. The summed E-state index contributed by atoms with van der Waals surface area (Å²) >= 11 is 0. The van der Waals surface area contributed by atoms with Crippen molar-refractivity contribution in [3.8, 4) is 5.75 Å². The summed E-state index contributed by atoms with van der Waals surface area (Å²) in [4.78, 5) is 11.0. The van der Waals surface area contributed by atoms with Gasteiger partial charge in [0.1, 0.15) is 5.75 Å². The van der Waals surface area contributed by atoms with E-state index in [1.165, 1.54) is 0 Å². The number of ether oxygens (including phenoxy) is 1. The van der Waals surface area contributed by atoms with Crippen LogP contribution >= 0.6 is 0 Å². The highest BCUT2D eigenvalue weighted by Crippen LogP contribution is 2.29. The van der Waals surface area contributed by atoms with Crippen molar-refractivity contribution in [1.29, 1.82) is 0 Å². The summed E-state index contributed by atoms with van der Waals surface area (Å²) in [6, 6.07) is 7.96. The zero-order valence-electron chi connectivity index (χ0n) is 11.5. The molecule has 0 radical (unpaired) electrons. The van der Waals surface area contributed by atoms with Gasteiger partial charge in [-0.3, -0.25) is 4.79 Å². The van der Waals surface area contributed by atoms with Crippen LogP contribution in [-0.4, -0.2) is 22.8 Å². The van der Waals surface area contributed by atoms with Crippen LogP contribution in [0.5, 0.6) is 5.75 Å². The highest BCUT2D eigenvalue weighted by molar-refractivity contribution is 5.87. The van der Waals surface area contributed by atoms with E-state index < -0.39 is 5.97 Å². The van der Waals surface area contributed by atoms with E-state index in [2.05, 4.69) is 11.5 Å². The third-order valence-corrected chi connectivity index (χ3v) is 3.46. The molecule has 2 aromatic rings. The van der Waals surface area contributed by atoms with Gasteiger partial charge in [-0.25, -0.2) is 0 Å². The van der Waals surface area contributed by atoms with Gasteiger partial charge in [0.2, 0.25) is 0 Å². The Morgan fingerprint density at radius 3 is 2.79 bits per heavy atom. The van der Waals surface area contributed by atoms with Gasteiger partial charge in [0.25, 0.3) is 0 Å². The summed E-state index contributed by atoms with van der Waals surface area (Å²) in [5.74, 6) is -0.325. The minimum absolute atomic E-state index is 0.388. The molecule has 0 spiro atoms. The third kappa shape index (κ3) is 2.43. The Balaban J connectivity index is 2.52. The predicted octanol–water partition coefficient (Wildman–Crippen LogP) is 2.93. The van der Waals surface area contributed by atoms with E-state index in [9.17, 15) is 4.79 Å². The molecule has 102 valence electrons. The topological polar surface area (TPSA) is 51.5 Å². The van der Waals surface area contributed by atoms with E-state index in [0.717, 1.165) is 28.9 Å². The molecule has 1 aromatic heterocycles. The van der Waals surface area contributed by atoms with Crippen molar-refractivity contribution in [2.45, 2.75) is 26.8 Å². The fourth-order valence-electron chi connectivity index (χ4n) is 2.43. The second kappa shape index (κ2) is 5.34. The maximum absolute atomic E-state index is 11.0. The van der Waals surface area contributed by atoms with E-state index >= 15 is 0 Å². The average molecular weight is 261 g/mol. The Bertz CT molecular complexity index is 601. The van der Waals surface area contributed by atoms with Gasteiger partial charge in [0.05, 0.1) is 18.5 Å². The number of hydrogen-bond donors (Lipinski definition) is 1. The van der Waals surface area contributed by atoms with Gasteiger partial charge in [0, 0.05) is 24.0 Å². The van der Waals surface area contributed by atoms with Crippen LogP contribution in [-0.2, 0) is 17.8 Å². The second-order valence-corrected chi connectivity index (χ2v) is 4.72. The van der Waals surface area contributed by atoms with Gasteiger partial charge >= 0.3 is 5.97 Å². The van der Waals surface area contributed by atoms with E-state index in [0.29, 0.717) is 6.42 Å². The number of methoxy groups -OCH3 is 1. The molecule has 19 heavy (non-hydrogen) atoms. The Kier molecular flexibility index (Phi) is 3.79. The number of aromatic nitrogens is 1. The molecule has 1 N–H and O–H groups in total. The molecule has 0 saturated carbocycles. The van der Waals surface area contributed by atoms with E-state index in [-0.39, 0.29) is 5.92 Å². The molecule has 4 nitrogen and oxygen atoms in total. The SMILES string of the molecule is CCn1c(CC(C)C(=O)O)cc2c(OC)cccc21. The van der Waals surface area contributed by atoms with Crippen molar-refractivity contribution >= 4 is 16.9 Å². The Hall–Kier alpha value is -1.97. The van der Waals surface area contributed by atoms with Crippen molar-refractivity contribution in [1.82, 2.24) is 4.57 Å². The summed E-state index contributed by atoms with van der Waals surface area (Å²) in [6.07, 6.45) is 0.529. The Morgan fingerprint density at radius 2 is 2.21 bits per heavy atom. The monoisotopic (exact) mass is 261 g/mol. The molecule has 1 heterocycles. The van der Waals surface area contributed by atoms with Crippen molar-refractivity contribution in [2.75, 3.05) is 7.11 Å². The highest BCUT2D eigenvalue weighted by atomic mass is 16.5. The molecule has 0 amide bonds. The molecule has 1 unspecified atom stereocenters. The van der Waals surface area contributed by atoms with E-state index in [4.69, 9.17) is 9.84 Å². The van der Waals surface area contributed by atoms with Crippen LogP contribution in [0.15, 0.2) is 24.3 Å². The van der Waals surface area contributed by atoms with Crippen molar-refractivity contribution in [3.63, 3.8) is 0 Å². The fraction of sp³-hybridized carbons (Fsp3) is 0.400. The molecule has 0 aliphatic carbocycles. The summed E-state index contributed by atoms with van der Waals surface area (Å²) in [5.41, 5.74) is 2.13. The van der Waals surface area contributed by atoms with E-state index in [1.54, 1.807) is 14.0 Å². The van der Waals surface area contributed by atoms with Crippen LogP contribution in [0.4, 0.5) is 0 Å². The number of carbonyl (C=O) groups is 1. The van der Waals surface area contributed by atoms with E-state index in [1.807, 2.05) is 24.3 Å². The van der Waals surface area contributed by atoms with Crippen LogP contribution in [0.25, 0.3) is 10.9 Å². The quantitative estimate of drug-likeness (QED) is 0.900. The van der Waals surface area contributed by atoms with Crippen molar-refractivity contribution in [2.24, 2.45) is 5.92 Å². The summed E-state index contributed by atoms with van der Waals surface area (Å²) in [5, 5.41) is 10.1. The number of fused-ring (bicyclic) bond motifs is 1. The van der Waals surface area contributed by atoms with Gasteiger partial charge in [0.15, 0.2) is 0 Å². The number of carboxylic acid groups (broad SMARTS) is 1. The zero-order chi connectivity index (χ0) is 14.0. The molecule has 0 saturated heterocycles. The molecule has 0 aliphatic rings. The lowest BCUT2D eigenvalue weighted by atomic mass is 10.1. The second-order valence-electron chi connectivity index (χ2n) is 4.72. The molecule has 2 rings (SSSR count). The maximum atomic E-state index is 11.0. The lowest BCUT2D eigenvalue weighted by molar-refractivity contribution is -0.141. The van der Waals surface area contributed by atoms with Gasteiger partial charge in [-0.2, -0.15) is 0 Å². The summed E-state index contributed by atoms with van der Waals surface area (Å²) in [7, 11) is 1.65. The number of benzene rings is 1. The maximum Gasteiger partial charge on any atom is 0.306 e. The first-order valence-corrected chi connectivity index (χ1v) is 6.46. The Morgan fingerprint density at radius 1 is 1.47 bits per heavy atom. The molecule has 1 atom stereocenters. The predicted molar refractivity (Wildman–Crippen MR) is 74.7 cm³/mol. The molecular weight excluding hydrogens is 242 g/mol. The standard InChI is InChI=1S/C15H19NO3/c1-4-16-11(8-10(2)15(17)18)9-12-13(16)6-5-7-14(12)19-3/h5-7,9-10H,4,8H2,1-3H3,(H,17,18). The van der Waals surface area contributed by atoms with Crippen LogP contribution < -0.4 is 4.74 Å². The number of nitrogens with zero attached hydrogens (tertiary/aromatic N) is 1. The molecule has 4 heteroatoms. The normalized spacial score (nSPS) is 12.6. The molecule has 1 aromatic carbocycles. The van der Waals surface area contributed by atoms with Crippen molar-refractivity contribution < 1.29 is 14.6 Å². The Labute approximate surface area is 112 Å². The van der Waals surface area contributed by atoms with Crippen LogP contribution in [0.1, 0.15) is 19.5 Å². The molecule has 0 bridgehead atoms. The molecule has 0 aliphatic heterocycles. The van der Waals surface area contributed by atoms with Gasteiger partial charge in [-0.1, -0.05) is 13.0 Å². The minimum atomic E-state index is -0.764. The lowest BCUT2D eigenvalue weighted by Crippen LogP contribution is -2.14. The summed E-state index contributed by atoms with van der Waals surface area (Å²) in [6.45, 7) is 4.61. The van der Waals surface area contributed by atoms with Crippen LogP contribution in [0.2, 0.25) is 0 Å². The fourth-order valence-corrected chi connectivity index (χ4v) is 2.43. The lowest BCUT2D eigenvalue weighted by Gasteiger charge is -2.10. The number of aryl methyl sites for hydroxylation is 1. The smallest absolute Gasteiger partial charge is 0.306 e. The first kappa shape index (κ1) is 13.5. The summed E-state index contributed by atoms with van der Waals surface area (Å²) < 4.78 is 7.51. The first-order chi connectivity index (χ1) is 9.08. The molecule has 0 fully saturated rings. The van der Waals surface area contributed by atoms with Crippen molar-refractivity contribution in [3.05, 3.63) is 30.0 Å². The van der Waals surface area contributed by atoms with Crippen LogP contribution in [0, 0.1) is 5.92 Å². The zero-order valence-corrected chi connectivity index (χ0v) is 11.5. The van der Waals surface area contributed by atoms with Crippen LogP contribution in [0.3, 0.4) is 0 Å². The first-order valence-electron chi connectivity index (χ1n) is 6.46. The minimum Gasteiger partial charge on any atom is -0.496 e. The number of rotatable bonds is 5. The largest absolute Gasteiger partial charge is 0.496 e. The third-order valence-electron chi connectivity index (χ3n) is 3.46.